The maximum absolute atomic E-state index is 11.8. The third kappa shape index (κ3) is 0.912. The molecule has 14 heavy (non-hydrogen) atoms. The van der Waals surface area contributed by atoms with Gasteiger partial charge in [0.25, 0.3) is 0 Å². The van der Waals surface area contributed by atoms with E-state index in [1.807, 2.05) is 0 Å². The lowest BCUT2D eigenvalue weighted by molar-refractivity contribution is -0.132. The Balaban J connectivity index is 1.94. The van der Waals surface area contributed by atoms with Crippen molar-refractivity contribution < 1.29 is 15.0 Å². The molecule has 3 atom stereocenters. The van der Waals surface area contributed by atoms with Gasteiger partial charge in [-0.15, -0.1) is 0 Å². The molecule has 3 rings (SSSR count). The van der Waals surface area contributed by atoms with Crippen molar-refractivity contribution >= 4 is 5.78 Å². The number of Topliss-reactive ketones (excluding diaryl/α,β-unsaturated/α-hetero) is 1. The second-order valence-electron chi connectivity index (χ2n) is 4.83. The highest BCUT2D eigenvalue weighted by Crippen LogP contribution is 2.56. The van der Waals surface area contributed by atoms with Crippen LogP contribution >= 0.6 is 0 Å². The Morgan fingerprint density at radius 1 is 1.36 bits per heavy atom. The summed E-state index contributed by atoms with van der Waals surface area (Å²) in [5, 5.41) is 19.4. The maximum atomic E-state index is 11.8. The number of aliphatic hydroxyl groups is 2. The van der Waals surface area contributed by atoms with E-state index in [0.29, 0.717) is 25.3 Å². The average molecular weight is 197 g/mol. The Hall–Kier alpha value is -0.450. The lowest BCUT2D eigenvalue weighted by Gasteiger charge is -2.36. The lowest BCUT2D eigenvalue weighted by atomic mass is 9.83. The van der Waals surface area contributed by atoms with Crippen molar-refractivity contribution in [2.24, 2.45) is 5.41 Å². The lowest BCUT2D eigenvalue weighted by Crippen LogP contribution is -2.51. The number of piperidine rings is 1. The third-order valence-corrected chi connectivity index (χ3v) is 4.07. The zero-order valence-corrected chi connectivity index (χ0v) is 8.02. The van der Waals surface area contributed by atoms with Gasteiger partial charge in [0.2, 0.25) is 0 Å². The van der Waals surface area contributed by atoms with Gasteiger partial charge < -0.3 is 10.2 Å². The standard InChI is InChI=1S/C10H15NO3/c12-6-5-11-4-1-7(13)10(2-3-10)9(11)8(6)14/h6,8-9,12,14H,1-5H2/t6-,8+,9+/m1/s1. The van der Waals surface area contributed by atoms with E-state index in [-0.39, 0.29) is 11.5 Å². The van der Waals surface area contributed by atoms with Crippen molar-refractivity contribution in [1.82, 2.24) is 4.90 Å². The molecule has 0 radical (unpaired) electrons. The number of carbonyl (C=O) groups excluding carboxylic acids is 1. The number of rotatable bonds is 0. The molecule has 3 fully saturated rings. The predicted molar refractivity (Wildman–Crippen MR) is 48.7 cm³/mol. The Morgan fingerprint density at radius 2 is 2.07 bits per heavy atom. The normalized spacial score (nSPS) is 45.6. The van der Waals surface area contributed by atoms with E-state index in [2.05, 4.69) is 4.90 Å². The molecule has 2 N–H and O–H groups in total. The van der Waals surface area contributed by atoms with Crippen LogP contribution in [0.3, 0.4) is 0 Å². The molecule has 2 aliphatic heterocycles. The Labute approximate surface area is 82.5 Å². The van der Waals surface area contributed by atoms with Gasteiger partial charge in [-0.2, -0.15) is 0 Å². The second kappa shape index (κ2) is 2.56. The van der Waals surface area contributed by atoms with Crippen LogP contribution in [0.15, 0.2) is 0 Å². The summed E-state index contributed by atoms with van der Waals surface area (Å²) in [4.78, 5) is 13.8. The predicted octanol–water partition coefficient (Wildman–Crippen LogP) is -0.855. The van der Waals surface area contributed by atoms with Crippen LogP contribution in [-0.2, 0) is 4.79 Å². The van der Waals surface area contributed by atoms with E-state index >= 15 is 0 Å². The molecule has 3 aliphatic rings. The molecule has 4 nitrogen and oxygen atoms in total. The van der Waals surface area contributed by atoms with Gasteiger partial charge in [-0.05, 0) is 12.8 Å². The third-order valence-electron chi connectivity index (χ3n) is 4.07. The van der Waals surface area contributed by atoms with Crippen molar-refractivity contribution in [1.29, 1.82) is 0 Å². The van der Waals surface area contributed by atoms with Gasteiger partial charge in [-0.25, -0.2) is 0 Å². The first-order valence-electron chi connectivity index (χ1n) is 5.29. The highest BCUT2D eigenvalue weighted by atomic mass is 16.3. The summed E-state index contributed by atoms with van der Waals surface area (Å²) in [7, 11) is 0. The first kappa shape index (κ1) is 8.83. The number of carbonyl (C=O) groups is 1. The van der Waals surface area contributed by atoms with Crippen LogP contribution in [-0.4, -0.2) is 52.2 Å². The van der Waals surface area contributed by atoms with E-state index in [4.69, 9.17) is 0 Å². The fraction of sp³-hybridized carbons (Fsp3) is 0.900. The topological polar surface area (TPSA) is 60.8 Å². The van der Waals surface area contributed by atoms with Gasteiger partial charge in [0.15, 0.2) is 0 Å². The molecule has 1 saturated carbocycles. The number of hydrogen-bond donors (Lipinski definition) is 2. The molecule has 0 aromatic rings. The summed E-state index contributed by atoms with van der Waals surface area (Å²) < 4.78 is 0. The van der Waals surface area contributed by atoms with Crippen LogP contribution in [0.4, 0.5) is 0 Å². The number of hydrogen-bond acceptors (Lipinski definition) is 4. The minimum atomic E-state index is -0.721. The van der Waals surface area contributed by atoms with E-state index in [0.717, 1.165) is 12.8 Å². The molecular weight excluding hydrogens is 182 g/mol. The zero-order chi connectivity index (χ0) is 9.92. The van der Waals surface area contributed by atoms with E-state index < -0.39 is 12.2 Å². The molecule has 0 aromatic carbocycles. The van der Waals surface area contributed by atoms with Crippen molar-refractivity contribution in [3.63, 3.8) is 0 Å². The van der Waals surface area contributed by atoms with Crippen LogP contribution in [0.2, 0.25) is 0 Å². The molecule has 2 saturated heterocycles. The number of fused-ring (bicyclic) bond motifs is 2. The van der Waals surface area contributed by atoms with Crippen LogP contribution in [0, 0.1) is 5.41 Å². The van der Waals surface area contributed by atoms with Gasteiger partial charge in [0, 0.05) is 24.9 Å². The summed E-state index contributed by atoms with van der Waals surface area (Å²) in [5.74, 6) is 0.298. The maximum Gasteiger partial charge on any atom is 0.141 e. The van der Waals surface area contributed by atoms with Gasteiger partial charge in [-0.3, -0.25) is 9.69 Å². The fourth-order valence-corrected chi connectivity index (χ4v) is 3.16. The zero-order valence-electron chi connectivity index (χ0n) is 8.02. The summed E-state index contributed by atoms with van der Waals surface area (Å²) in [6.07, 6.45) is 1.01. The van der Waals surface area contributed by atoms with Crippen LogP contribution in [0.25, 0.3) is 0 Å². The summed E-state index contributed by atoms with van der Waals surface area (Å²) in [5.41, 5.74) is -0.283. The van der Waals surface area contributed by atoms with E-state index in [9.17, 15) is 15.0 Å². The smallest absolute Gasteiger partial charge is 0.141 e. The van der Waals surface area contributed by atoms with Gasteiger partial charge >= 0.3 is 0 Å². The molecule has 1 spiro atoms. The Kier molecular flexibility index (Phi) is 1.62. The van der Waals surface area contributed by atoms with Gasteiger partial charge in [0.05, 0.1) is 18.2 Å². The minimum absolute atomic E-state index is 0.0984. The summed E-state index contributed by atoms with van der Waals surface area (Å²) in [6.45, 7) is 1.24. The second-order valence-corrected chi connectivity index (χ2v) is 4.83. The Morgan fingerprint density at radius 3 is 2.71 bits per heavy atom. The Bertz CT molecular complexity index is 287. The monoisotopic (exact) mass is 197 g/mol. The van der Waals surface area contributed by atoms with Crippen LogP contribution in [0.1, 0.15) is 19.3 Å². The first-order valence-corrected chi connectivity index (χ1v) is 5.29. The molecule has 0 bridgehead atoms. The fourth-order valence-electron chi connectivity index (χ4n) is 3.16. The van der Waals surface area contributed by atoms with Gasteiger partial charge in [0.1, 0.15) is 5.78 Å². The molecular formula is C10H15NO3. The molecule has 0 aromatic heterocycles. The summed E-state index contributed by atoms with van der Waals surface area (Å²) in [6, 6.07) is -0.0984. The molecule has 78 valence electrons. The number of aliphatic hydroxyl groups excluding tert-OH is 2. The average Bonchev–Trinajstić information content (AvgIpc) is 2.87. The van der Waals surface area contributed by atoms with E-state index in [1.165, 1.54) is 0 Å². The molecule has 0 amide bonds. The largest absolute Gasteiger partial charge is 0.389 e. The van der Waals surface area contributed by atoms with Crippen LogP contribution in [0.5, 0.6) is 0 Å². The highest BCUT2D eigenvalue weighted by Gasteiger charge is 2.63. The highest BCUT2D eigenvalue weighted by molar-refractivity contribution is 5.89. The number of nitrogens with zero attached hydrogens (tertiary/aromatic N) is 1. The molecule has 0 unspecified atom stereocenters. The quantitative estimate of drug-likeness (QED) is 0.531. The van der Waals surface area contributed by atoms with Crippen LogP contribution < -0.4 is 0 Å². The van der Waals surface area contributed by atoms with Crippen molar-refractivity contribution in [2.75, 3.05) is 13.1 Å². The van der Waals surface area contributed by atoms with E-state index in [1.54, 1.807) is 0 Å². The number of ketones is 1. The first-order chi connectivity index (χ1) is 6.65. The van der Waals surface area contributed by atoms with Crippen molar-refractivity contribution in [3.8, 4) is 0 Å². The molecule has 1 aliphatic carbocycles. The van der Waals surface area contributed by atoms with Crippen molar-refractivity contribution in [2.45, 2.75) is 37.5 Å². The summed E-state index contributed by atoms with van der Waals surface area (Å²) >= 11 is 0. The molecule has 4 heteroatoms. The van der Waals surface area contributed by atoms with Crippen molar-refractivity contribution in [3.05, 3.63) is 0 Å². The SMILES string of the molecule is O=C1CCN2C[C@@H](O)[C@H](O)[C@H]2C12CC2. The minimum Gasteiger partial charge on any atom is -0.389 e. The molecule has 2 heterocycles. The van der Waals surface area contributed by atoms with Gasteiger partial charge in [-0.1, -0.05) is 0 Å².